The molecule has 5 rings (SSSR count). The lowest BCUT2D eigenvalue weighted by Crippen LogP contribution is -2.44. The summed E-state index contributed by atoms with van der Waals surface area (Å²) in [6.07, 6.45) is 5.02. The van der Waals surface area contributed by atoms with Gasteiger partial charge < -0.3 is 4.90 Å². The number of halogens is 1. The van der Waals surface area contributed by atoms with Gasteiger partial charge in [0.05, 0.1) is 33.7 Å². The van der Waals surface area contributed by atoms with Gasteiger partial charge in [0.2, 0.25) is 0 Å². The standard InChI is InChI=1S/C23H26ClN5OS/c1-3-9-27(10-4-2)12-15-13-31-22(26-15)20-21-18-8-11-28(18)23(30)19-16(24)6-5-7-17(19)29(21)14-25-20/h5-7,13-14,18H,3-4,8-12H2,1-2H3/t18-/m0/s1. The minimum Gasteiger partial charge on any atom is -0.330 e. The van der Waals surface area contributed by atoms with Crippen LogP contribution in [0.3, 0.4) is 0 Å². The fourth-order valence-corrected chi connectivity index (χ4v) is 5.70. The van der Waals surface area contributed by atoms with Crippen molar-refractivity contribution in [1.82, 2.24) is 24.3 Å². The van der Waals surface area contributed by atoms with Crippen molar-refractivity contribution in [3.63, 3.8) is 0 Å². The van der Waals surface area contributed by atoms with Gasteiger partial charge >= 0.3 is 0 Å². The highest BCUT2D eigenvalue weighted by Crippen LogP contribution is 2.45. The Morgan fingerprint density at radius 3 is 2.77 bits per heavy atom. The molecule has 2 aromatic heterocycles. The van der Waals surface area contributed by atoms with Crippen LogP contribution >= 0.6 is 22.9 Å². The number of hydrogen-bond acceptors (Lipinski definition) is 5. The second-order valence-corrected chi connectivity index (χ2v) is 9.47. The topological polar surface area (TPSA) is 54.3 Å². The van der Waals surface area contributed by atoms with Gasteiger partial charge in [-0.3, -0.25) is 14.3 Å². The van der Waals surface area contributed by atoms with Gasteiger partial charge in [-0.1, -0.05) is 31.5 Å². The number of hydrogen-bond donors (Lipinski definition) is 0. The maximum absolute atomic E-state index is 13.2. The molecule has 1 saturated heterocycles. The van der Waals surface area contributed by atoms with E-state index in [1.165, 1.54) is 0 Å². The van der Waals surface area contributed by atoms with E-state index in [9.17, 15) is 4.79 Å². The third-order valence-electron chi connectivity index (χ3n) is 6.09. The summed E-state index contributed by atoms with van der Waals surface area (Å²) < 4.78 is 2.04. The summed E-state index contributed by atoms with van der Waals surface area (Å²) in [6, 6.07) is 5.62. The SMILES string of the molecule is CCCN(CCC)Cc1csc(-c2ncn3c2[C@@H]2CCN2C(=O)c2c(Cl)cccc2-3)n1. The van der Waals surface area contributed by atoms with Crippen LogP contribution in [0.1, 0.15) is 60.9 Å². The van der Waals surface area contributed by atoms with Crippen LogP contribution < -0.4 is 0 Å². The molecule has 2 aliphatic rings. The third-order valence-corrected chi connectivity index (χ3v) is 7.30. The Labute approximate surface area is 191 Å². The van der Waals surface area contributed by atoms with Crippen molar-refractivity contribution in [3.8, 4) is 16.4 Å². The van der Waals surface area contributed by atoms with Crippen molar-refractivity contribution in [2.75, 3.05) is 19.6 Å². The summed E-state index contributed by atoms with van der Waals surface area (Å²) in [5, 5.41) is 3.55. The fraction of sp³-hybridized carbons (Fsp3) is 0.435. The lowest BCUT2D eigenvalue weighted by molar-refractivity contribution is 0.0462. The normalized spacial score (nSPS) is 17.2. The number of rotatable bonds is 7. The number of carbonyl (C=O) groups excluding carboxylic acids is 1. The number of amides is 1. The van der Waals surface area contributed by atoms with E-state index in [2.05, 4.69) is 24.1 Å². The zero-order chi connectivity index (χ0) is 21.5. The van der Waals surface area contributed by atoms with Gasteiger partial charge in [0, 0.05) is 18.5 Å². The Morgan fingerprint density at radius 2 is 2.06 bits per heavy atom. The second-order valence-electron chi connectivity index (χ2n) is 8.21. The first-order valence-corrected chi connectivity index (χ1v) is 12.2. The van der Waals surface area contributed by atoms with Crippen molar-refractivity contribution in [3.05, 3.63) is 51.9 Å². The molecule has 1 aromatic carbocycles. The summed E-state index contributed by atoms with van der Waals surface area (Å²) in [4.78, 5) is 27.2. The number of imidazole rings is 1. The second kappa shape index (κ2) is 8.37. The molecular formula is C23H26ClN5OS. The average Bonchev–Trinajstić information content (AvgIpc) is 3.33. The van der Waals surface area contributed by atoms with Crippen molar-refractivity contribution in [2.24, 2.45) is 0 Å². The summed E-state index contributed by atoms with van der Waals surface area (Å²) in [6.45, 7) is 8.19. The zero-order valence-corrected chi connectivity index (χ0v) is 19.4. The van der Waals surface area contributed by atoms with Gasteiger partial charge in [0.25, 0.3) is 5.91 Å². The van der Waals surface area contributed by atoms with E-state index in [1.54, 1.807) is 17.4 Å². The summed E-state index contributed by atoms with van der Waals surface area (Å²) >= 11 is 8.08. The van der Waals surface area contributed by atoms with E-state index < -0.39 is 0 Å². The monoisotopic (exact) mass is 455 g/mol. The van der Waals surface area contributed by atoms with E-state index >= 15 is 0 Å². The average molecular weight is 456 g/mol. The van der Waals surface area contributed by atoms with Crippen LogP contribution in [0.5, 0.6) is 0 Å². The van der Waals surface area contributed by atoms with E-state index in [4.69, 9.17) is 21.6 Å². The van der Waals surface area contributed by atoms with Gasteiger partial charge in [-0.15, -0.1) is 11.3 Å². The van der Waals surface area contributed by atoms with Crippen molar-refractivity contribution in [1.29, 1.82) is 0 Å². The van der Waals surface area contributed by atoms with E-state index in [0.717, 1.165) is 73.2 Å². The molecule has 0 radical (unpaired) electrons. The number of aromatic nitrogens is 3. The summed E-state index contributed by atoms with van der Waals surface area (Å²) in [5.74, 6) is 0.00102. The Bertz CT molecular complexity index is 1120. The van der Waals surface area contributed by atoms with Crippen molar-refractivity contribution in [2.45, 2.75) is 45.7 Å². The Kier molecular flexibility index (Phi) is 5.58. The van der Waals surface area contributed by atoms with Crippen LogP contribution in [0.2, 0.25) is 5.02 Å². The molecule has 8 heteroatoms. The van der Waals surface area contributed by atoms with Crippen LogP contribution in [0.4, 0.5) is 0 Å². The van der Waals surface area contributed by atoms with Crippen LogP contribution in [0.15, 0.2) is 29.9 Å². The number of fused-ring (bicyclic) bond motifs is 5. The minimum absolute atomic E-state index is 0.00102. The largest absolute Gasteiger partial charge is 0.330 e. The van der Waals surface area contributed by atoms with Crippen LogP contribution in [0.25, 0.3) is 16.4 Å². The molecule has 0 saturated carbocycles. The molecule has 0 spiro atoms. The van der Waals surface area contributed by atoms with E-state index in [1.807, 2.05) is 27.9 Å². The van der Waals surface area contributed by atoms with Crippen LogP contribution in [-0.2, 0) is 6.54 Å². The molecule has 0 unspecified atom stereocenters. The van der Waals surface area contributed by atoms with Gasteiger partial charge in [-0.2, -0.15) is 0 Å². The summed E-state index contributed by atoms with van der Waals surface area (Å²) in [5.41, 5.74) is 4.37. The molecule has 4 heterocycles. The number of nitrogens with zero attached hydrogens (tertiary/aromatic N) is 5. The quantitative estimate of drug-likeness (QED) is 0.493. The molecule has 2 aliphatic heterocycles. The van der Waals surface area contributed by atoms with E-state index in [0.29, 0.717) is 10.6 Å². The number of carbonyl (C=O) groups is 1. The van der Waals surface area contributed by atoms with Gasteiger partial charge in [-0.05, 0) is 44.5 Å². The molecule has 1 amide bonds. The smallest absolute Gasteiger partial charge is 0.258 e. The lowest BCUT2D eigenvalue weighted by Gasteiger charge is -2.39. The molecule has 6 nitrogen and oxygen atoms in total. The molecule has 3 aromatic rings. The predicted molar refractivity (Wildman–Crippen MR) is 124 cm³/mol. The van der Waals surface area contributed by atoms with Crippen LogP contribution in [0, 0.1) is 0 Å². The molecular weight excluding hydrogens is 430 g/mol. The van der Waals surface area contributed by atoms with Crippen LogP contribution in [-0.4, -0.2) is 49.9 Å². The van der Waals surface area contributed by atoms with Crippen molar-refractivity contribution >= 4 is 28.8 Å². The first-order chi connectivity index (χ1) is 15.1. The zero-order valence-electron chi connectivity index (χ0n) is 17.8. The van der Waals surface area contributed by atoms with E-state index in [-0.39, 0.29) is 11.9 Å². The number of benzene rings is 1. The minimum atomic E-state index is 0.00102. The Hall–Kier alpha value is -2.22. The fourth-order valence-electron chi connectivity index (χ4n) is 4.64. The highest BCUT2D eigenvalue weighted by molar-refractivity contribution is 7.13. The van der Waals surface area contributed by atoms with Gasteiger partial charge in [0.1, 0.15) is 17.0 Å². The molecule has 0 N–H and O–H groups in total. The third kappa shape index (κ3) is 3.49. The highest BCUT2D eigenvalue weighted by Gasteiger charge is 2.42. The Balaban J connectivity index is 1.54. The molecule has 31 heavy (non-hydrogen) atoms. The van der Waals surface area contributed by atoms with Gasteiger partial charge in [-0.25, -0.2) is 9.97 Å². The maximum Gasteiger partial charge on any atom is 0.258 e. The first-order valence-electron chi connectivity index (χ1n) is 11.0. The maximum atomic E-state index is 13.2. The lowest BCUT2D eigenvalue weighted by atomic mass is 9.97. The Morgan fingerprint density at radius 1 is 1.26 bits per heavy atom. The molecule has 0 bridgehead atoms. The summed E-state index contributed by atoms with van der Waals surface area (Å²) in [7, 11) is 0. The van der Waals surface area contributed by atoms with Gasteiger partial charge in [0.15, 0.2) is 0 Å². The van der Waals surface area contributed by atoms with Crippen molar-refractivity contribution < 1.29 is 4.79 Å². The molecule has 162 valence electrons. The highest BCUT2D eigenvalue weighted by atomic mass is 35.5. The molecule has 0 aliphatic carbocycles. The number of thiazole rings is 1. The molecule has 1 atom stereocenters. The molecule has 1 fully saturated rings. The first kappa shape index (κ1) is 20.7. The predicted octanol–water partition coefficient (Wildman–Crippen LogP) is 5.17.